The Labute approximate surface area is 432 Å². The third-order valence-electron chi connectivity index (χ3n) is 15.4. The maximum absolute atomic E-state index is 7.19. The topological polar surface area (TPSA) is 33.5 Å². The van der Waals surface area contributed by atoms with Crippen molar-refractivity contribution in [3.63, 3.8) is 0 Å². The normalized spacial score (nSPS) is 13.2. The van der Waals surface area contributed by atoms with Gasteiger partial charge in [-0.05, 0) is 128 Å². The molecule has 0 fully saturated rings. The molecule has 8 aromatic carbocycles. The highest BCUT2D eigenvalue weighted by atomic mass is 16.5. The van der Waals surface area contributed by atoms with Crippen molar-refractivity contribution < 1.29 is 4.74 Å². The lowest BCUT2D eigenvalue weighted by atomic mass is 9.77. The second-order valence-corrected chi connectivity index (χ2v) is 23.1. The van der Waals surface area contributed by atoms with E-state index in [2.05, 4.69) is 284 Å². The fraction of sp³-hybridized carbons (Fsp3) is 0.221. The van der Waals surface area contributed by atoms with Crippen molar-refractivity contribution >= 4 is 44.6 Å². The number of para-hydroxylation sites is 2. The van der Waals surface area contributed by atoms with Crippen LogP contribution < -0.4 is 14.5 Å². The summed E-state index contributed by atoms with van der Waals surface area (Å²) >= 11 is 0. The molecule has 73 heavy (non-hydrogen) atoms. The van der Waals surface area contributed by atoms with Crippen LogP contribution in [-0.4, -0.2) is 16.2 Å². The van der Waals surface area contributed by atoms with Crippen molar-refractivity contribution in [2.75, 3.05) is 16.5 Å². The van der Waals surface area contributed by atoms with Crippen LogP contribution in [0.5, 0.6) is 11.5 Å². The number of nitrogens with zero attached hydrogens (tertiary/aromatic N) is 4. The number of pyridine rings is 1. The van der Waals surface area contributed by atoms with E-state index in [1.54, 1.807) is 0 Å². The Morgan fingerprint density at radius 1 is 0.384 bits per heavy atom. The largest absolute Gasteiger partial charge is 0.457 e. The summed E-state index contributed by atoms with van der Waals surface area (Å²) in [6.45, 7) is 23.5. The maximum atomic E-state index is 7.19. The predicted molar refractivity (Wildman–Crippen MR) is 307 cm³/mol. The number of fused-ring (bicyclic) bond motifs is 4. The van der Waals surface area contributed by atoms with E-state index in [9.17, 15) is 0 Å². The van der Waals surface area contributed by atoms with Crippen LogP contribution in [0.1, 0.15) is 103 Å². The van der Waals surface area contributed by atoms with Gasteiger partial charge in [0.2, 0.25) is 0 Å². The average molecular weight is 955 g/mol. The van der Waals surface area contributed by atoms with Gasteiger partial charge in [0.05, 0.1) is 22.4 Å². The molecule has 0 saturated carbocycles. The van der Waals surface area contributed by atoms with Crippen LogP contribution in [0.25, 0.3) is 38.8 Å². The Morgan fingerprint density at radius 2 is 0.932 bits per heavy atom. The lowest BCUT2D eigenvalue weighted by molar-refractivity contribution is 0.480. The van der Waals surface area contributed by atoms with E-state index in [1.165, 1.54) is 44.3 Å². The Balaban J connectivity index is 1.05. The molecule has 0 aliphatic carbocycles. The van der Waals surface area contributed by atoms with Crippen molar-refractivity contribution in [3.8, 4) is 28.4 Å². The number of ether oxygens (including phenoxy) is 1. The van der Waals surface area contributed by atoms with Gasteiger partial charge in [-0.15, -0.1) is 0 Å². The molecule has 1 aliphatic heterocycles. The van der Waals surface area contributed by atoms with Gasteiger partial charge < -0.3 is 14.5 Å². The summed E-state index contributed by atoms with van der Waals surface area (Å²) < 4.78 is 9.50. The number of anilines is 4. The fourth-order valence-corrected chi connectivity index (χ4v) is 10.7. The summed E-state index contributed by atoms with van der Waals surface area (Å²) in [6.07, 6.45) is 1.95. The molecule has 0 atom stereocenters. The minimum Gasteiger partial charge on any atom is -0.457 e. The number of hydrogen-bond acceptors (Lipinski definition) is 4. The van der Waals surface area contributed by atoms with E-state index in [0.717, 1.165) is 62.0 Å². The molecule has 1 aliphatic rings. The van der Waals surface area contributed by atoms with E-state index in [0.29, 0.717) is 6.67 Å². The summed E-state index contributed by atoms with van der Waals surface area (Å²) in [4.78, 5) is 9.94. The van der Waals surface area contributed by atoms with E-state index in [4.69, 9.17) is 9.72 Å². The van der Waals surface area contributed by atoms with E-state index >= 15 is 0 Å². The fourth-order valence-electron chi connectivity index (χ4n) is 10.7. The molecule has 11 rings (SSSR count). The summed E-state index contributed by atoms with van der Waals surface area (Å²) in [6, 6.07) is 73.1. The van der Waals surface area contributed by atoms with Crippen LogP contribution in [0.3, 0.4) is 0 Å². The zero-order valence-electron chi connectivity index (χ0n) is 44.0. The second-order valence-electron chi connectivity index (χ2n) is 23.1. The molecular formula is C68H66N4O. The standard InChI is InChI=1S/C68H66N4O/c1-65(2,3)50-30-33-60-59(41-50)58-32-31-56(44-63(58)72(60)64-42-51(34-35-69-64)66(4,5)6)73-57-40-53(68(9,10)49-26-18-13-19-27-49)39-55(43-57)71-45-70(61-28-20-21-29-62(61)71)54-37-47(46-22-14-11-15-23-46)36-52(38-54)67(7,8)48-24-16-12-17-25-48/h11-44H,45H2,1-10H3. The summed E-state index contributed by atoms with van der Waals surface area (Å²) in [7, 11) is 0. The number of aromatic nitrogens is 2. The van der Waals surface area contributed by atoms with Crippen molar-refractivity contribution in [2.24, 2.45) is 0 Å². The lowest BCUT2D eigenvalue weighted by Gasteiger charge is -2.30. The zero-order valence-corrected chi connectivity index (χ0v) is 44.0. The lowest BCUT2D eigenvalue weighted by Crippen LogP contribution is -2.26. The van der Waals surface area contributed by atoms with Gasteiger partial charge in [-0.1, -0.05) is 184 Å². The molecule has 0 N–H and O–H groups in total. The molecule has 0 bridgehead atoms. The van der Waals surface area contributed by atoms with Crippen molar-refractivity contribution in [1.82, 2.24) is 9.55 Å². The van der Waals surface area contributed by atoms with E-state index in [1.807, 2.05) is 6.20 Å². The quantitative estimate of drug-likeness (QED) is 0.137. The van der Waals surface area contributed by atoms with Crippen molar-refractivity contribution in [3.05, 3.63) is 240 Å². The van der Waals surface area contributed by atoms with Crippen LogP contribution in [0.15, 0.2) is 206 Å². The smallest absolute Gasteiger partial charge is 0.137 e. The predicted octanol–water partition coefficient (Wildman–Crippen LogP) is 18.1. The first-order valence-electron chi connectivity index (χ1n) is 25.8. The molecule has 0 amide bonds. The van der Waals surface area contributed by atoms with Gasteiger partial charge in [0.15, 0.2) is 0 Å². The first-order chi connectivity index (χ1) is 34.9. The van der Waals surface area contributed by atoms with Crippen LogP contribution >= 0.6 is 0 Å². The molecule has 0 spiro atoms. The van der Waals surface area contributed by atoms with Gasteiger partial charge in [-0.25, -0.2) is 4.98 Å². The Bertz CT molecular complexity index is 3650. The molecule has 5 heteroatoms. The van der Waals surface area contributed by atoms with E-state index in [-0.39, 0.29) is 21.7 Å². The highest BCUT2D eigenvalue weighted by Crippen LogP contribution is 2.49. The molecule has 0 saturated heterocycles. The van der Waals surface area contributed by atoms with Gasteiger partial charge in [-0.2, -0.15) is 0 Å². The van der Waals surface area contributed by atoms with Gasteiger partial charge in [-0.3, -0.25) is 4.57 Å². The summed E-state index contributed by atoms with van der Waals surface area (Å²) in [5.41, 5.74) is 15.9. The molecule has 5 nitrogen and oxygen atoms in total. The molecule has 0 unspecified atom stereocenters. The highest BCUT2D eigenvalue weighted by molar-refractivity contribution is 6.10. The van der Waals surface area contributed by atoms with Crippen LogP contribution in [0.4, 0.5) is 22.7 Å². The monoisotopic (exact) mass is 955 g/mol. The van der Waals surface area contributed by atoms with Gasteiger partial charge in [0.25, 0.3) is 0 Å². The first kappa shape index (κ1) is 47.4. The SMILES string of the molecule is CC(C)(C)c1ccnc(-n2c3ccc(C(C)(C)C)cc3c3ccc(Oc4cc(N5CN(c6cc(-c7ccccc7)cc(C(C)(C)c7ccccc7)c6)c6ccccc65)cc(C(C)(C)c5ccccc5)c4)cc32)c1. The summed E-state index contributed by atoms with van der Waals surface area (Å²) in [5, 5.41) is 2.37. The number of benzene rings is 8. The minimum absolute atomic E-state index is 0.00632. The van der Waals surface area contributed by atoms with Crippen molar-refractivity contribution in [1.29, 1.82) is 0 Å². The number of rotatable bonds is 10. The Kier molecular flexibility index (Phi) is 11.7. The van der Waals surface area contributed by atoms with Crippen molar-refractivity contribution in [2.45, 2.75) is 90.9 Å². The van der Waals surface area contributed by atoms with E-state index < -0.39 is 0 Å². The van der Waals surface area contributed by atoms with Crippen LogP contribution in [0.2, 0.25) is 0 Å². The Hall–Kier alpha value is -7.89. The van der Waals surface area contributed by atoms with Gasteiger partial charge in [0, 0.05) is 51.3 Å². The van der Waals surface area contributed by atoms with Gasteiger partial charge in [0.1, 0.15) is 24.0 Å². The number of hydrogen-bond donors (Lipinski definition) is 0. The zero-order chi connectivity index (χ0) is 50.9. The highest BCUT2D eigenvalue weighted by Gasteiger charge is 2.33. The second kappa shape index (κ2) is 18.0. The third kappa shape index (κ3) is 8.86. The average Bonchev–Trinajstić information content (AvgIpc) is 3.95. The molecule has 3 heterocycles. The first-order valence-corrected chi connectivity index (χ1v) is 25.8. The molecular weight excluding hydrogens is 889 g/mol. The van der Waals surface area contributed by atoms with Crippen LogP contribution in [0, 0.1) is 0 Å². The third-order valence-corrected chi connectivity index (χ3v) is 15.4. The van der Waals surface area contributed by atoms with Crippen LogP contribution in [-0.2, 0) is 21.7 Å². The Morgan fingerprint density at radius 3 is 1.53 bits per heavy atom. The van der Waals surface area contributed by atoms with Gasteiger partial charge >= 0.3 is 0 Å². The molecule has 10 aromatic rings. The maximum Gasteiger partial charge on any atom is 0.137 e. The molecule has 364 valence electrons. The summed E-state index contributed by atoms with van der Waals surface area (Å²) in [5.74, 6) is 2.43. The molecule has 0 radical (unpaired) electrons. The minimum atomic E-state index is -0.346. The molecule has 2 aromatic heterocycles.